The van der Waals surface area contributed by atoms with Gasteiger partial charge in [-0.25, -0.2) is 14.0 Å². The molecule has 3 aromatic heterocycles. The van der Waals surface area contributed by atoms with Gasteiger partial charge in [0.2, 0.25) is 0 Å². The second-order valence-electron chi connectivity index (χ2n) is 10.5. The van der Waals surface area contributed by atoms with E-state index in [4.69, 9.17) is 0 Å². The van der Waals surface area contributed by atoms with Crippen LogP contribution >= 0.6 is 11.3 Å². The van der Waals surface area contributed by atoms with Crippen LogP contribution in [0.2, 0.25) is 0 Å². The molecule has 0 bridgehead atoms. The molecule has 0 atom stereocenters. The third kappa shape index (κ3) is 5.08. The van der Waals surface area contributed by atoms with E-state index < -0.39 is 35.2 Å². The summed E-state index contributed by atoms with van der Waals surface area (Å²) in [6, 6.07) is 21.9. The van der Waals surface area contributed by atoms with Gasteiger partial charge in [-0.15, -0.1) is 11.3 Å². The summed E-state index contributed by atoms with van der Waals surface area (Å²) in [7, 11) is 0. The molecule has 0 aliphatic heterocycles. The van der Waals surface area contributed by atoms with Crippen molar-refractivity contribution in [3.05, 3.63) is 132 Å². The Morgan fingerprint density at radius 3 is 2.35 bits per heavy atom. The highest BCUT2D eigenvalue weighted by molar-refractivity contribution is 7.18. The standard InChI is InChI=1S/C32H23FN4O5S/c33-22-13-11-20(12-14-22)26(38)17-36-29(39)25-15-27(21-9-10-21)43-30(25)37(32(36)41)16-18-5-7-19(8-6-18)23-3-1-2-4-24(23)28-34-31(40)42-35-28/h1-8,11-15,21H,9-10,16-17H2,(H,34,35,40). The van der Waals surface area contributed by atoms with Gasteiger partial charge in [-0.1, -0.05) is 53.7 Å². The van der Waals surface area contributed by atoms with Crippen LogP contribution in [0.15, 0.2) is 97.8 Å². The quantitative estimate of drug-likeness (QED) is 0.243. The van der Waals surface area contributed by atoms with Gasteiger partial charge in [0, 0.05) is 16.0 Å². The first kappa shape index (κ1) is 26.7. The Morgan fingerprint density at radius 2 is 1.67 bits per heavy atom. The van der Waals surface area contributed by atoms with E-state index >= 15 is 0 Å². The van der Waals surface area contributed by atoms with Gasteiger partial charge in [0.25, 0.3) is 5.56 Å². The van der Waals surface area contributed by atoms with E-state index in [1.165, 1.54) is 35.6 Å². The molecule has 11 heteroatoms. The number of hydrogen-bond donors (Lipinski definition) is 1. The van der Waals surface area contributed by atoms with Gasteiger partial charge >= 0.3 is 11.4 Å². The van der Waals surface area contributed by atoms with Gasteiger partial charge in [-0.05, 0) is 65.8 Å². The molecular weight excluding hydrogens is 571 g/mol. The summed E-state index contributed by atoms with van der Waals surface area (Å²) in [4.78, 5) is 56.0. The molecule has 1 aliphatic rings. The topological polar surface area (TPSA) is 120 Å². The number of hydrogen-bond acceptors (Lipinski definition) is 7. The SMILES string of the molecule is O=C(Cn1c(=O)c2cc(C3CC3)sc2n(Cc2ccc(-c3ccccc3-c3noc(=O)[nH]3)cc2)c1=O)c1ccc(F)cc1. The van der Waals surface area contributed by atoms with Crippen LogP contribution in [0.3, 0.4) is 0 Å². The average molecular weight is 595 g/mol. The summed E-state index contributed by atoms with van der Waals surface area (Å²) in [5, 5.41) is 4.22. The highest BCUT2D eigenvalue weighted by Gasteiger charge is 2.28. The molecule has 43 heavy (non-hydrogen) atoms. The minimum Gasteiger partial charge on any atom is -0.296 e. The van der Waals surface area contributed by atoms with E-state index in [-0.39, 0.29) is 12.1 Å². The number of Topliss-reactive ketones (excluding diaryl/α,β-unsaturated/α-hetero) is 1. The van der Waals surface area contributed by atoms with Crippen molar-refractivity contribution >= 4 is 27.3 Å². The lowest BCUT2D eigenvalue weighted by Gasteiger charge is -2.13. The molecule has 0 amide bonds. The smallest absolute Gasteiger partial charge is 0.296 e. The Labute approximate surface area is 246 Å². The van der Waals surface area contributed by atoms with E-state index in [9.17, 15) is 23.6 Å². The molecule has 1 aliphatic carbocycles. The minimum absolute atomic E-state index is 0.184. The highest BCUT2D eigenvalue weighted by atomic mass is 32.1. The fraction of sp³-hybridized carbons (Fsp3) is 0.156. The van der Waals surface area contributed by atoms with Crippen LogP contribution in [0.4, 0.5) is 4.39 Å². The lowest BCUT2D eigenvalue weighted by Crippen LogP contribution is -2.41. The lowest BCUT2D eigenvalue weighted by atomic mass is 9.98. The predicted molar refractivity (Wildman–Crippen MR) is 160 cm³/mol. The number of fused-ring (bicyclic) bond motifs is 1. The van der Waals surface area contributed by atoms with Crippen molar-refractivity contribution in [3.63, 3.8) is 0 Å². The first-order chi connectivity index (χ1) is 20.9. The number of aromatic nitrogens is 4. The van der Waals surface area contributed by atoms with Crippen LogP contribution in [0.25, 0.3) is 32.7 Å². The summed E-state index contributed by atoms with van der Waals surface area (Å²) < 4.78 is 20.6. The van der Waals surface area contributed by atoms with E-state index in [1.54, 1.807) is 4.57 Å². The maximum Gasteiger partial charge on any atom is 0.439 e. The number of carbonyl (C=O) groups is 1. The maximum absolute atomic E-state index is 13.8. The van der Waals surface area contributed by atoms with Crippen molar-refractivity contribution in [2.45, 2.75) is 31.8 Å². The van der Waals surface area contributed by atoms with E-state index in [1.807, 2.05) is 54.6 Å². The zero-order chi connectivity index (χ0) is 29.7. The van der Waals surface area contributed by atoms with Gasteiger partial charge in [0.15, 0.2) is 11.6 Å². The van der Waals surface area contributed by atoms with Gasteiger partial charge in [-0.2, -0.15) is 0 Å². The number of H-pyrrole nitrogens is 1. The molecule has 1 fully saturated rings. The van der Waals surface area contributed by atoms with Crippen LogP contribution in [-0.4, -0.2) is 25.1 Å². The van der Waals surface area contributed by atoms with Crippen molar-refractivity contribution in [2.24, 2.45) is 0 Å². The van der Waals surface area contributed by atoms with Crippen molar-refractivity contribution < 1.29 is 13.7 Å². The number of aromatic amines is 1. The zero-order valence-corrected chi connectivity index (χ0v) is 23.4. The predicted octanol–water partition coefficient (Wildman–Crippen LogP) is 5.18. The maximum atomic E-state index is 13.8. The molecule has 0 radical (unpaired) electrons. The van der Waals surface area contributed by atoms with E-state index in [2.05, 4.69) is 14.7 Å². The number of benzene rings is 3. The molecular formula is C32H23FN4O5S. The molecule has 214 valence electrons. The molecule has 6 aromatic rings. The van der Waals surface area contributed by atoms with Crippen molar-refractivity contribution in [3.8, 4) is 22.5 Å². The largest absolute Gasteiger partial charge is 0.439 e. The first-order valence-corrected chi connectivity index (χ1v) is 14.5. The second-order valence-corrected chi connectivity index (χ2v) is 11.6. The molecule has 9 nitrogen and oxygen atoms in total. The van der Waals surface area contributed by atoms with Gasteiger partial charge in [0.1, 0.15) is 10.6 Å². The Hall–Kier alpha value is -5.16. The van der Waals surface area contributed by atoms with Gasteiger partial charge in [0.05, 0.1) is 18.5 Å². The number of halogens is 1. The van der Waals surface area contributed by atoms with Crippen LogP contribution < -0.4 is 17.0 Å². The molecule has 0 unspecified atom stereocenters. The van der Waals surface area contributed by atoms with Crippen LogP contribution in [0.5, 0.6) is 0 Å². The Kier molecular flexibility index (Phi) is 6.58. The third-order valence-corrected chi connectivity index (χ3v) is 8.91. The molecule has 0 saturated heterocycles. The summed E-state index contributed by atoms with van der Waals surface area (Å²) in [6.45, 7) is -0.267. The van der Waals surface area contributed by atoms with Gasteiger partial charge in [-0.3, -0.25) is 28.2 Å². The summed E-state index contributed by atoms with van der Waals surface area (Å²) in [6.07, 6.45) is 2.08. The Bertz CT molecular complexity index is 2180. The number of thiophene rings is 1. The van der Waals surface area contributed by atoms with Crippen molar-refractivity contribution in [1.29, 1.82) is 0 Å². The summed E-state index contributed by atoms with van der Waals surface area (Å²) in [5.74, 6) is -0.880. The number of ketones is 1. The minimum atomic E-state index is -0.643. The Balaban J connectivity index is 1.26. The fourth-order valence-electron chi connectivity index (χ4n) is 5.20. The number of rotatable bonds is 8. The molecule has 3 aromatic carbocycles. The molecule has 3 heterocycles. The Morgan fingerprint density at radius 1 is 0.953 bits per heavy atom. The zero-order valence-electron chi connectivity index (χ0n) is 22.6. The van der Waals surface area contributed by atoms with E-state index in [0.29, 0.717) is 27.5 Å². The van der Waals surface area contributed by atoms with E-state index in [0.717, 1.165) is 39.0 Å². The molecule has 0 spiro atoms. The van der Waals surface area contributed by atoms with Gasteiger partial charge < -0.3 is 0 Å². The molecule has 1 saturated carbocycles. The normalized spacial score (nSPS) is 13.0. The van der Waals surface area contributed by atoms with Crippen LogP contribution in [0, 0.1) is 5.82 Å². The van der Waals surface area contributed by atoms with Crippen molar-refractivity contribution in [1.82, 2.24) is 19.3 Å². The number of nitrogens with one attached hydrogen (secondary N) is 1. The summed E-state index contributed by atoms with van der Waals surface area (Å²) in [5.41, 5.74) is 2.34. The molecule has 7 rings (SSSR count). The number of nitrogens with zero attached hydrogens (tertiary/aromatic N) is 3. The first-order valence-electron chi connectivity index (χ1n) is 13.7. The summed E-state index contributed by atoms with van der Waals surface area (Å²) >= 11 is 1.45. The van der Waals surface area contributed by atoms with Crippen LogP contribution in [0.1, 0.15) is 39.6 Å². The molecule has 1 N–H and O–H groups in total. The second kappa shape index (κ2) is 10.6. The van der Waals surface area contributed by atoms with Crippen LogP contribution in [-0.2, 0) is 13.1 Å². The van der Waals surface area contributed by atoms with Crippen molar-refractivity contribution in [2.75, 3.05) is 0 Å². The number of carbonyl (C=O) groups excluding carboxylic acids is 1. The average Bonchev–Trinajstić information content (AvgIpc) is 3.63. The highest BCUT2D eigenvalue weighted by Crippen LogP contribution is 2.44. The third-order valence-electron chi connectivity index (χ3n) is 7.59. The lowest BCUT2D eigenvalue weighted by molar-refractivity contribution is 0.0969. The monoisotopic (exact) mass is 594 g/mol. The fourth-order valence-corrected chi connectivity index (χ4v) is 6.51.